The SMILES string of the molecule is CC(C)(C)OC(=O)/C=C1/C(=O)C(OCc2ccccc2)=C1OCc1ccccc1. The van der Waals surface area contributed by atoms with E-state index in [2.05, 4.69) is 0 Å². The number of hydrogen-bond acceptors (Lipinski definition) is 5. The lowest BCUT2D eigenvalue weighted by molar-refractivity contribution is -0.148. The van der Waals surface area contributed by atoms with Crippen molar-refractivity contribution in [3.63, 3.8) is 0 Å². The van der Waals surface area contributed by atoms with E-state index in [0.29, 0.717) is 0 Å². The van der Waals surface area contributed by atoms with Crippen LogP contribution in [0.4, 0.5) is 0 Å². The molecule has 3 rings (SSSR count). The Labute approximate surface area is 170 Å². The number of rotatable bonds is 7. The molecular formula is C24H24O5. The van der Waals surface area contributed by atoms with Gasteiger partial charge < -0.3 is 14.2 Å². The van der Waals surface area contributed by atoms with Gasteiger partial charge in [0.2, 0.25) is 11.5 Å². The minimum atomic E-state index is -0.650. The summed E-state index contributed by atoms with van der Waals surface area (Å²) in [7, 11) is 0. The molecule has 5 heteroatoms. The summed E-state index contributed by atoms with van der Waals surface area (Å²) in [6.07, 6.45) is 1.17. The highest BCUT2D eigenvalue weighted by molar-refractivity contribution is 6.19. The first-order chi connectivity index (χ1) is 13.8. The Balaban J connectivity index is 1.79. The van der Waals surface area contributed by atoms with Crippen molar-refractivity contribution in [1.82, 2.24) is 0 Å². The molecule has 2 aromatic rings. The summed E-state index contributed by atoms with van der Waals surface area (Å²) >= 11 is 0. The number of carbonyl (C=O) groups is 2. The maximum absolute atomic E-state index is 12.6. The zero-order chi connectivity index (χ0) is 20.9. The third-order valence-corrected chi connectivity index (χ3v) is 4.02. The second kappa shape index (κ2) is 8.78. The second-order valence-corrected chi connectivity index (χ2v) is 7.63. The van der Waals surface area contributed by atoms with E-state index >= 15 is 0 Å². The fourth-order valence-corrected chi connectivity index (χ4v) is 2.70. The van der Waals surface area contributed by atoms with Crippen molar-refractivity contribution in [2.24, 2.45) is 0 Å². The van der Waals surface area contributed by atoms with E-state index in [1.165, 1.54) is 6.08 Å². The molecule has 0 radical (unpaired) electrons. The number of ether oxygens (including phenoxy) is 3. The number of allylic oxidation sites excluding steroid dienone is 2. The zero-order valence-corrected chi connectivity index (χ0v) is 16.8. The highest BCUT2D eigenvalue weighted by Crippen LogP contribution is 2.34. The van der Waals surface area contributed by atoms with Gasteiger partial charge in [0.25, 0.3) is 0 Å². The van der Waals surface area contributed by atoms with Gasteiger partial charge in [0.05, 0.1) is 5.57 Å². The highest BCUT2D eigenvalue weighted by Gasteiger charge is 2.39. The highest BCUT2D eigenvalue weighted by atomic mass is 16.6. The molecular weight excluding hydrogens is 368 g/mol. The molecule has 0 fully saturated rings. The summed E-state index contributed by atoms with van der Waals surface area (Å²) in [5.41, 5.74) is 1.39. The first-order valence-electron chi connectivity index (χ1n) is 9.41. The van der Waals surface area contributed by atoms with Gasteiger partial charge in [0, 0.05) is 6.08 Å². The van der Waals surface area contributed by atoms with Gasteiger partial charge in [-0.3, -0.25) is 4.79 Å². The van der Waals surface area contributed by atoms with Crippen LogP contribution >= 0.6 is 0 Å². The molecule has 0 bridgehead atoms. The molecule has 0 aliphatic heterocycles. The smallest absolute Gasteiger partial charge is 0.332 e. The Morgan fingerprint density at radius 2 is 1.31 bits per heavy atom. The lowest BCUT2D eigenvalue weighted by Crippen LogP contribution is -2.29. The van der Waals surface area contributed by atoms with Crippen molar-refractivity contribution in [3.05, 3.63) is 95.0 Å². The maximum Gasteiger partial charge on any atom is 0.332 e. The zero-order valence-electron chi connectivity index (χ0n) is 16.8. The monoisotopic (exact) mass is 392 g/mol. The topological polar surface area (TPSA) is 61.8 Å². The number of Topliss-reactive ketones (excluding diaryl/α,β-unsaturated/α-hetero) is 1. The lowest BCUT2D eigenvalue weighted by atomic mass is 9.94. The minimum absolute atomic E-state index is 0.125. The Morgan fingerprint density at radius 1 is 0.828 bits per heavy atom. The van der Waals surface area contributed by atoms with E-state index in [9.17, 15) is 9.59 Å². The first kappa shape index (κ1) is 20.4. The molecule has 0 N–H and O–H groups in total. The molecule has 29 heavy (non-hydrogen) atoms. The summed E-state index contributed by atoms with van der Waals surface area (Å²) in [6, 6.07) is 19.1. The van der Waals surface area contributed by atoms with Crippen molar-refractivity contribution in [2.75, 3.05) is 0 Å². The van der Waals surface area contributed by atoms with Gasteiger partial charge >= 0.3 is 5.97 Å². The van der Waals surface area contributed by atoms with E-state index in [1.54, 1.807) is 20.8 Å². The first-order valence-corrected chi connectivity index (χ1v) is 9.41. The average molecular weight is 392 g/mol. The van der Waals surface area contributed by atoms with Crippen molar-refractivity contribution in [2.45, 2.75) is 39.6 Å². The van der Waals surface area contributed by atoms with Crippen LogP contribution in [0.5, 0.6) is 0 Å². The third kappa shape index (κ3) is 5.57. The van der Waals surface area contributed by atoms with Crippen LogP contribution in [0.25, 0.3) is 0 Å². The second-order valence-electron chi connectivity index (χ2n) is 7.63. The molecule has 0 spiro atoms. The van der Waals surface area contributed by atoms with E-state index in [0.717, 1.165) is 11.1 Å². The largest absolute Gasteiger partial charge is 0.484 e. The summed E-state index contributed by atoms with van der Waals surface area (Å²) < 4.78 is 16.8. The summed E-state index contributed by atoms with van der Waals surface area (Å²) in [5, 5.41) is 0. The van der Waals surface area contributed by atoms with Gasteiger partial charge in [-0.05, 0) is 31.9 Å². The van der Waals surface area contributed by atoms with Crippen LogP contribution in [0.2, 0.25) is 0 Å². The van der Waals surface area contributed by atoms with Gasteiger partial charge in [0.1, 0.15) is 18.8 Å². The van der Waals surface area contributed by atoms with Crippen molar-refractivity contribution in [1.29, 1.82) is 0 Å². The molecule has 0 unspecified atom stereocenters. The molecule has 0 atom stereocenters. The van der Waals surface area contributed by atoms with Crippen LogP contribution in [0.3, 0.4) is 0 Å². The lowest BCUT2D eigenvalue weighted by Gasteiger charge is -2.26. The molecule has 150 valence electrons. The van der Waals surface area contributed by atoms with E-state index < -0.39 is 11.6 Å². The number of hydrogen-bond donors (Lipinski definition) is 0. The Bertz CT molecular complexity index is 934. The number of benzene rings is 2. The average Bonchev–Trinajstić information content (AvgIpc) is 2.69. The summed E-state index contributed by atoms with van der Waals surface area (Å²) in [5.74, 6) is -0.557. The Hall–Kier alpha value is -3.34. The van der Waals surface area contributed by atoms with Gasteiger partial charge in [-0.2, -0.15) is 0 Å². The molecule has 0 saturated carbocycles. The predicted octanol–water partition coefficient (Wildman–Crippen LogP) is 4.48. The molecule has 0 aromatic heterocycles. The third-order valence-electron chi connectivity index (χ3n) is 4.02. The molecule has 0 heterocycles. The standard InChI is InChI=1S/C24H24O5/c1-24(2,3)29-20(25)14-19-21(26)23(28-16-18-12-8-5-9-13-18)22(19)27-15-17-10-6-4-7-11-17/h4-14H,15-16H2,1-3H3/b19-14-. The summed E-state index contributed by atoms with van der Waals surface area (Å²) in [4.78, 5) is 24.7. The Morgan fingerprint density at radius 3 is 1.79 bits per heavy atom. The van der Waals surface area contributed by atoms with Crippen molar-refractivity contribution < 1.29 is 23.8 Å². The van der Waals surface area contributed by atoms with Crippen molar-refractivity contribution >= 4 is 11.8 Å². The van der Waals surface area contributed by atoms with Crippen LogP contribution in [-0.4, -0.2) is 17.4 Å². The van der Waals surface area contributed by atoms with Gasteiger partial charge in [-0.25, -0.2) is 4.79 Å². The van der Waals surface area contributed by atoms with Crippen molar-refractivity contribution in [3.8, 4) is 0 Å². The molecule has 1 aliphatic carbocycles. The van der Waals surface area contributed by atoms with Gasteiger partial charge in [-0.1, -0.05) is 60.7 Å². The van der Waals surface area contributed by atoms with Gasteiger partial charge in [0.15, 0.2) is 5.76 Å². The van der Waals surface area contributed by atoms with Gasteiger partial charge in [-0.15, -0.1) is 0 Å². The normalized spacial score (nSPS) is 15.1. The minimum Gasteiger partial charge on any atom is -0.484 e. The molecule has 1 aliphatic rings. The quantitative estimate of drug-likeness (QED) is 0.513. The number of ketones is 1. The van der Waals surface area contributed by atoms with E-state index in [1.807, 2.05) is 60.7 Å². The van der Waals surface area contributed by atoms with Crippen LogP contribution in [0.15, 0.2) is 83.8 Å². The Kier molecular flexibility index (Phi) is 6.17. The van der Waals surface area contributed by atoms with Crippen LogP contribution in [-0.2, 0) is 37.0 Å². The van der Waals surface area contributed by atoms with Crippen LogP contribution in [0.1, 0.15) is 31.9 Å². The predicted molar refractivity (Wildman–Crippen MR) is 108 cm³/mol. The molecule has 2 aromatic carbocycles. The summed E-state index contributed by atoms with van der Waals surface area (Å²) in [6.45, 7) is 5.79. The fraction of sp³-hybridized carbons (Fsp3) is 0.250. The molecule has 0 saturated heterocycles. The number of esters is 1. The van der Waals surface area contributed by atoms with Crippen LogP contribution < -0.4 is 0 Å². The fourth-order valence-electron chi connectivity index (χ4n) is 2.70. The molecule has 0 amide bonds. The van der Waals surface area contributed by atoms with Crippen LogP contribution in [0, 0.1) is 0 Å². The maximum atomic E-state index is 12.6. The molecule has 5 nitrogen and oxygen atoms in total. The number of carbonyl (C=O) groups excluding carboxylic acids is 2. The van der Waals surface area contributed by atoms with E-state index in [-0.39, 0.29) is 36.1 Å². The van der Waals surface area contributed by atoms with E-state index in [4.69, 9.17) is 14.2 Å².